The lowest BCUT2D eigenvalue weighted by Gasteiger charge is -2.42. The molecule has 1 aliphatic carbocycles. The van der Waals surface area contributed by atoms with Gasteiger partial charge in [0.2, 0.25) is 0 Å². The third kappa shape index (κ3) is 4.96. The second-order valence-corrected chi connectivity index (χ2v) is 5.89. The number of aliphatic carboxylic acids is 1. The largest absolute Gasteiger partial charge is 0.480 e. The van der Waals surface area contributed by atoms with Crippen molar-refractivity contribution < 1.29 is 19.1 Å². The Bertz CT molecular complexity index is 357. The van der Waals surface area contributed by atoms with Gasteiger partial charge in [0.25, 0.3) is 0 Å². The Balaban J connectivity index is 2.31. The molecule has 0 spiro atoms. The lowest BCUT2D eigenvalue weighted by Crippen LogP contribution is -2.58. The molecule has 1 fully saturated rings. The standard InChI is InChI=1S/C13H24FN3O3/c1-4-17(7-11(18)19)10-5-9(6-10)15-12(20)16-13(2,3)8-14/h9-10H,4-8H2,1-3H3,(H,18,19)(H2,15,16,20). The quantitative estimate of drug-likeness (QED) is 0.652. The summed E-state index contributed by atoms with van der Waals surface area (Å²) in [6.45, 7) is 5.21. The average molecular weight is 289 g/mol. The number of alkyl halides is 1. The number of carboxylic acid groups (broad SMARTS) is 1. The van der Waals surface area contributed by atoms with Crippen LogP contribution in [0.15, 0.2) is 0 Å². The van der Waals surface area contributed by atoms with E-state index in [2.05, 4.69) is 10.6 Å². The Kier molecular flexibility index (Phi) is 5.74. The molecular formula is C13H24FN3O3. The molecule has 0 radical (unpaired) electrons. The van der Waals surface area contributed by atoms with Crippen LogP contribution in [0.25, 0.3) is 0 Å². The van der Waals surface area contributed by atoms with Gasteiger partial charge in [0.05, 0.1) is 12.1 Å². The summed E-state index contributed by atoms with van der Waals surface area (Å²) in [6.07, 6.45) is 1.45. The molecule has 6 nitrogen and oxygen atoms in total. The fourth-order valence-electron chi connectivity index (χ4n) is 2.24. The van der Waals surface area contributed by atoms with Crippen molar-refractivity contribution in [3.8, 4) is 0 Å². The van der Waals surface area contributed by atoms with Crippen molar-refractivity contribution in [2.45, 2.75) is 51.2 Å². The highest BCUT2D eigenvalue weighted by Gasteiger charge is 2.35. The molecule has 3 N–H and O–H groups in total. The number of halogens is 1. The zero-order valence-corrected chi connectivity index (χ0v) is 12.3. The Hall–Kier alpha value is -1.37. The first-order valence-electron chi connectivity index (χ1n) is 6.88. The zero-order valence-electron chi connectivity index (χ0n) is 12.3. The summed E-state index contributed by atoms with van der Waals surface area (Å²) in [7, 11) is 0. The van der Waals surface area contributed by atoms with Crippen molar-refractivity contribution >= 4 is 12.0 Å². The van der Waals surface area contributed by atoms with Gasteiger partial charge < -0.3 is 15.7 Å². The number of carboxylic acids is 1. The van der Waals surface area contributed by atoms with Crippen molar-refractivity contribution in [1.82, 2.24) is 15.5 Å². The number of nitrogens with zero attached hydrogens (tertiary/aromatic N) is 1. The monoisotopic (exact) mass is 289 g/mol. The average Bonchev–Trinajstić information content (AvgIpc) is 2.30. The van der Waals surface area contributed by atoms with Gasteiger partial charge in [-0.05, 0) is 33.2 Å². The van der Waals surface area contributed by atoms with Crippen molar-refractivity contribution in [3.63, 3.8) is 0 Å². The van der Waals surface area contributed by atoms with Crippen LogP contribution in [-0.4, -0.2) is 59.4 Å². The summed E-state index contributed by atoms with van der Waals surface area (Å²) in [6, 6.07) is -0.161. The third-order valence-corrected chi connectivity index (χ3v) is 3.50. The summed E-state index contributed by atoms with van der Waals surface area (Å²) in [4.78, 5) is 24.2. The molecule has 7 heteroatoms. The predicted octanol–water partition coefficient (Wildman–Crippen LogP) is 0.971. The maximum atomic E-state index is 12.6. The Morgan fingerprint density at radius 3 is 2.45 bits per heavy atom. The number of nitrogens with one attached hydrogen (secondary N) is 2. The number of likely N-dealkylation sites (N-methyl/N-ethyl adjacent to an activating group) is 1. The molecule has 1 saturated carbocycles. The Morgan fingerprint density at radius 1 is 1.40 bits per heavy atom. The minimum Gasteiger partial charge on any atom is -0.480 e. The van der Waals surface area contributed by atoms with Crippen LogP contribution in [0.3, 0.4) is 0 Å². The molecule has 0 aromatic heterocycles. The van der Waals surface area contributed by atoms with Gasteiger partial charge in [-0.2, -0.15) is 0 Å². The van der Waals surface area contributed by atoms with E-state index in [0.29, 0.717) is 6.54 Å². The van der Waals surface area contributed by atoms with Gasteiger partial charge in [0.1, 0.15) is 6.67 Å². The van der Waals surface area contributed by atoms with E-state index in [1.165, 1.54) is 0 Å². The van der Waals surface area contributed by atoms with E-state index in [9.17, 15) is 14.0 Å². The minimum absolute atomic E-state index is 0.0228. The first kappa shape index (κ1) is 16.7. The van der Waals surface area contributed by atoms with Crippen molar-refractivity contribution in [2.75, 3.05) is 19.8 Å². The molecule has 1 rings (SSSR count). The molecule has 0 bridgehead atoms. The molecule has 20 heavy (non-hydrogen) atoms. The number of carbonyl (C=O) groups excluding carboxylic acids is 1. The molecule has 0 saturated heterocycles. The van der Waals surface area contributed by atoms with Crippen LogP contribution in [0.4, 0.5) is 9.18 Å². The van der Waals surface area contributed by atoms with E-state index in [1.54, 1.807) is 13.8 Å². The number of hydrogen-bond donors (Lipinski definition) is 3. The highest BCUT2D eigenvalue weighted by Crippen LogP contribution is 2.25. The number of carbonyl (C=O) groups is 2. The van der Waals surface area contributed by atoms with Crippen LogP contribution >= 0.6 is 0 Å². The van der Waals surface area contributed by atoms with Crippen LogP contribution in [0, 0.1) is 0 Å². The highest BCUT2D eigenvalue weighted by atomic mass is 19.1. The lowest BCUT2D eigenvalue weighted by molar-refractivity contribution is -0.139. The maximum absolute atomic E-state index is 12.6. The van der Waals surface area contributed by atoms with E-state index >= 15 is 0 Å². The van der Waals surface area contributed by atoms with E-state index in [4.69, 9.17) is 5.11 Å². The van der Waals surface area contributed by atoms with Gasteiger partial charge >= 0.3 is 12.0 Å². The smallest absolute Gasteiger partial charge is 0.317 e. The van der Waals surface area contributed by atoms with Crippen molar-refractivity contribution in [3.05, 3.63) is 0 Å². The fourth-order valence-corrected chi connectivity index (χ4v) is 2.24. The zero-order chi connectivity index (χ0) is 15.3. The van der Waals surface area contributed by atoms with Crippen LogP contribution in [0.1, 0.15) is 33.6 Å². The molecular weight excluding hydrogens is 265 g/mol. The van der Waals surface area contributed by atoms with Crippen molar-refractivity contribution in [2.24, 2.45) is 0 Å². The molecule has 0 atom stereocenters. The molecule has 2 amide bonds. The normalized spacial score (nSPS) is 22.2. The highest BCUT2D eigenvalue weighted by molar-refractivity contribution is 5.75. The molecule has 0 aromatic carbocycles. The van der Waals surface area contributed by atoms with Crippen LogP contribution in [0.2, 0.25) is 0 Å². The van der Waals surface area contributed by atoms with Crippen molar-refractivity contribution in [1.29, 1.82) is 0 Å². The van der Waals surface area contributed by atoms with Gasteiger partial charge in [-0.25, -0.2) is 9.18 Å². The summed E-state index contributed by atoms with van der Waals surface area (Å²) in [5, 5.41) is 14.1. The Morgan fingerprint density at radius 2 is 2.00 bits per heavy atom. The van der Waals surface area contributed by atoms with E-state index < -0.39 is 18.2 Å². The van der Waals surface area contributed by atoms with Crippen LogP contribution < -0.4 is 10.6 Å². The minimum atomic E-state index is -0.869. The van der Waals surface area contributed by atoms with Gasteiger partial charge in [-0.1, -0.05) is 6.92 Å². The second kappa shape index (κ2) is 6.88. The maximum Gasteiger partial charge on any atom is 0.317 e. The van der Waals surface area contributed by atoms with Crippen LogP contribution in [0.5, 0.6) is 0 Å². The van der Waals surface area contributed by atoms with Gasteiger partial charge in [-0.3, -0.25) is 9.69 Å². The fraction of sp³-hybridized carbons (Fsp3) is 0.846. The molecule has 0 heterocycles. The first-order chi connectivity index (χ1) is 9.27. The topological polar surface area (TPSA) is 81.7 Å². The summed E-state index contributed by atoms with van der Waals surface area (Å²) in [5.41, 5.74) is -0.869. The Labute approximate surface area is 118 Å². The molecule has 1 aliphatic rings. The molecule has 116 valence electrons. The predicted molar refractivity (Wildman–Crippen MR) is 73.4 cm³/mol. The van der Waals surface area contributed by atoms with Crippen LogP contribution in [-0.2, 0) is 4.79 Å². The summed E-state index contributed by atoms with van der Waals surface area (Å²) < 4.78 is 12.6. The van der Waals surface area contributed by atoms with E-state index in [1.807, 2.05) is 11.8 Å². The third-order valence-electron chi connectivity index (χ3n) is 3.50. The lowest BCUT2D eigenvalue weighted by atomic mass is 9.85. The number of rotatable bonds is 7. The van der Waals surface area contributed by atoms with Gasteiger partial charge in [0.15, 0.2) is 0 Å². The van der Waals surface area contributed by atoms with Gasteiger partial charge in [0, 0.05) is 12.1 Å². The first-order valence-corrected chi connectivity index (χ1v) is 6.88. The number of amides is 2. The summed E-state index contributed by atoms with van der Waals surface area (Å²) >= 11 is 0. The van der Waals surface area contributed by atoms with E-state index in [0.717, 1.165) is 12.8 Å². The molecule has 0 unspecified atom stereocenters. The molecule has 0 aromatic rings. The molecule has 0 aliphatic heterocycles. The second-order valence-electron chi connectivity index (χ2n) is 5.89. The summed E-state index contributed by atoms with van der Waals surface area (Å²) in [5.74, 6) is -0.842. The van der Waals surface area contributed by atoms with Gasteiger partial charge in [-0.15, -0.1) is 0 Å². The SMILES string of the molecule is CCN(CC(=O)O)C1CC(NC(=O)NC(C)(C)CF)C1. The van der Waals surface area contributed by atoms with E-state index in [-0.39, 0.29) is 24.7 Å². The number of hydrogen-bond acceptors (Lipinski definition) is 3. The number of urea groups is 1.